The van der Waals surface area contributed by atoms with Crippen molar-refractivity contribution < 1.29 is 19.4 Å². The Balaban J connectivity index is 1.40. The molecular formula is C22H28N5O4+. The number of amides is 2. The number of quaternary nitrogens is 1. The van der Waals surface area contributed by atoms with Gasteiger partial charge in [-0.3, -0.25) is 19.7 Å². The van der Waals surface area contributed by atoms with Gasteiger partial charge in [0.05, 0.1) is 37.6 Å². The first kappa shape index (κ1) is 22.2. The summed E-state index contributed by atoms with van der Waals surface area (Å²) in [5.41, 5.74) is 3.77. The summed E-state index contributed by atoms with van der Waals surface area (Å²) in [6, 6.07) is 12.3. The fourth-order valence-corrected chi connectivity index (χ4v) is 3.71. The van der Waals surface area contributed by atoms with E-state index in [2.05, 4.69) is 15.5 Å². The van der Waals surface area contributed by atoms with Gasteiger partial charge in [-0.25, -0.2) is 0 Å². The molecule has 1 aliphatic heterocycles. The summed E-state index contributed by atoms with van der Waals surface area (Å²) in [4.78, 5) is 38.1. The molecule has 0 aromatic heterocycles. The number of carbonyl (C=O) groups excluding carboxylic acids is 2. The molecule has 2 amide bonds. The number of aryl methyl sites for hydroxylation is 2. The Bertz CT molecular complexity index is 933. The predicted molar refractivity (Wildman–Crippen MR) is 118 cm³/mol. The van der Waals surface area contributed by atoms with Gasteiger partial charge in [-0.1, -0.05) is 18.2 Å². The van der Waals surface area contributed by atoms with E-state index in [1.54, 1.807) is 12.1 Å². The van der Waals surface area contributed by atoms with Crippen molar-refractivity contribution in [3.63, 3.8) is 0 Å². The van der Waals surface area contributed by atoms with Crippen molar-refractivity contribution >= 4 is 28.9 Å². The summed E-state index contributed by atoms with van der Waals surface area (Å²) in [7, 11) is 0. The van der Waals surface area contributed by atoms with E-state index >= 15 is 0 Å². The van der Waals surface area contributed by atoms with Crippen molar-refractivity contribution in [2.45, 2.75) is 13.8 Å². The van der Waals surface area contributed by atoms with Crippen molar-refractivity contribution in [2.24, 2.45) is 0 Å². The molecule has 164 valence electrons. The van der Waals surface area contributed by atoms with Crippen LogP contribution in [-0.2, 0) is 9.59 Å². The first-order valence-corrected chi connectivity index (χ1v) is 10.3. The number of nitro groups is 1. The topological polar surface area (TPSA) is 109 Å². The van der Waals surface area contributed by atoms with Gasteiger partial charge in [0.25, 0.3) is 11.6 Å². The van der Waals surface area contributed by atoms with Crippen molar-refractivity contribution in [3.8, 4) is 0 Å². The zero-order chi connectivity index (χ0) is 22.4. The van der Waals surface area contributed by atoms with Crippen LogP contribution in [0.4, 0.5) is 17.1 Å². The zero-order valence-electron chi connectivity index (χ0n) is 17.8. The number of piperazine rings is 1. The first-order valence-electron chi connectivity index (χ1n) is 10.3. The Morgan fingerprint density at radius 2 is 1.65 bits per heavy atom. The number of non-ortho nitro benzene ring substituents is 1. The van der Waals surface area contributed by atoms with E-state index in [1.807, 2.05) is 32.0 Å². The van der Waals surface area contributed by atoms with Crippen molar-refractivity contribution in [3.05, 3.63) is 63.7 Å². The maximum Gasteiger partial charge on any atom is 0.275 e. The van der Waals surface area contributed by atoms with Gasteiger partial charge in [-0.2, -0.15) is 0 Å². The van der Waals surface area contributed by atoms with E-state index < -0.39 is 4.92 Å². The second-order valence-electron chi connectivity index (χ2n) is 7.78. The van der Waals surface area contributed by atoms with Gasteiger partial charge in [-0.15, -0.1) is 0 Å². The molecule has 0 aliphatic carbocycles. The molecule has 2 aromatic carbocycles. The summed E-state index contributed by atoms with van der Waals surface area (Å²) in [5.74, 6) is -0.404. The highest BCUT2D eigenvalue weighted by molar-refractivity contribution is 5.95. The minimum absolute atomic E-state index is 0.0607. The third-order valence-electron chi connectivity index (χ3n) is 5.50. The van der Waals surface area contributed by atoms with Crippen LogP contribution in [0.1, 0.15) is 11.1 Å². The molecule has 1 saturated heterocycles. The van der Waals surface area contributed by atoms with Crippen LogP contribution in [0.25, 0.3) is 0 Å². The minimum atomic E-state index is -0.410. The smallest absolute Gasteiger partial charge is 0.275 e. The lowest BCUT2D eigenvalue weighted by molar-refractivity contribution is -0.892. The number of nitrogens with zero attached hydrogens (tertiary/aromatic N) is 2. The highest BCUT2D eigenvalue weighted by Crippen LogP contribution is 2.20. The van der Waals surface area contributed by atoms with E-state index in [0.717, 1.165) is 53.6 Å². The van der Waals surface area contributed by atoms with Gasteiger partial charge in [0.15, 0.2) is 6.54 Å². The van der Waals surface area contributed by atoms with E-state index in [0.29, 0.717) is 6.54 Å². The van der Waals surface area contributed by atoms with Gasteiger partial charge < -0.3 is 20.4 Å². The molecule has 1 heterocycles. The number of para-hydroxylation sites is 1. The fourth-order valence-electron chi connectivity index (χ4n) is 3.71. The van der Waals surface area contributed by atoms with E-state index in [-0.39, 0.29) is 24.0 Å². The van der Waals surface area contributed by atoms with Crippen molar-refractivity contribution in [1.82, 2.24) is 5.32 Å². The highest BCUT2D eigenvalue weighted by Gasteiger charge is 2.23. The quantitative estimate of drug-likeness (QED) is 0.446. The maximum atomic E-state index is 12.3. The fraction of sp³-hybridized carbons (Fsp3) is 0.364. The Kier molecular flexibility index (Phi) is 7.19. The lowest BCUT2D eigenvalue weighted by Gasteiger charge is -2.33. The second kappa shape index (κ2) is 10.0. The van der Waals surface area contributed by atoms with Crippen LogP contribution >= 0.6 is 0 Å². The Morgan fingerprint density at radius 1 is 1.03 bits per heavy atom. The molecule has 0 bridgehead atoms. The standard InChI is InChI=1S/C22H27N5O4/c1-16-4-3-5-17(2)22(16)24-20(28)14-23-21(29)15-25-10-12-26(13-11-25)18-6-8-19(9-7-18)27(30)31/h3-9H,10-15H2,1-2H3,(H,23,29)(H,24,28)/p+1. The van der Waals surface area contributed by atoms with Gasteiger partial charge in [-0.05, 0) is 37.1 Å². The van der Waals surface area contributed by atoms with Crippen LogP contribution in [-0.4, -0.2) is 56.0 Å². The van der Waals surface area contributed by atoms with Crippen LogP contribution in [0, 0.1) is 24.0 Å². The van der Waals surface area contributed by atoms with Crippen LogP contribution in [0.15, 0.2) is 42.5 Å². The average molecular weight is 426 g/mol. The lowest BCUT2D eigenvalue weighted by atomic mass is 10.1. The van der Waals surface area contributed by atoms with Crippen LogP contribution < -0.4 is 20.4 Å². The Labute approximate surface area is 181 Å². The van der Waals surface area contributed by atoms with Crippen molar-refractivity contribution in [2.75, 3.05) is 49.5 Å². The molecule has 3 N–H and O–H groups in total. The number of hydrogen-bond acceptors (Lipinski definition) is 5. The average Bonchev–Trinajstić information content (AvgIpc) is 2.75. The lowest BCUT2D eigenvalue weighted by Crippen LogP contribution is -3.16. The number of anilines is 2. The monoisotopic (exact) mass is 426 g/mol. The third kappa shape index (κ3) is 6.02. The molecule has 9 nitrogen and oxygen atoms in total. The summed E-state index contributed by atoms with van der Waals surface area (Å²) in [6.45, 7) is 7.18. The molecule has 0 saturated carbocycles. The van der Waals surface area contributed by atoms with Gasteiger partial charge in [0, 0.05) is 23.5 Å². The minimum Gasteiger partial charge on any atom is -0.360 e. The van der Waals surface area contributed by atoms with E-state index in [4.69, 9.17) is 0 Å². The number of carbonyl (C=O) groups is 2. The Morgan fingerprint density at radius 3 is 2.23 bits per heavy atom. The molecule has 0 radical (unpaired) electrons. The largest absolute Gasteiger partial charge is 0.360 e. The molecule has 0 atom stereocenters. The molecule has 9 heteroatoms. The maximum absolute atomic E-state index is 12.3. The van der Waals surface area contributed by atoms with Gasteiger partial charge >= 0.3 is 0 Å². The predicted octanol–water partition coefficient (Wildman–Crippen LogP) is 0.671. The number of nitro benzene ring substituents is 1. The van der Waals surface area contributed by atoms with Gasteiger partial charge in [0.1, 0.15) is 0 Å². The second-order valence-corrected chi connectivity index (χ2v) is 7.78. The molecule has 2 aromatic rings. The van der Waals surface area contributed by atoms with Crippen LogP contribution in [0.3, 0.4) is 0 Å². The van der Waals surface area contributed by atoms with Crippen LogP contribution in [0.5, 0.6) is 0 Å². The van der Waals surface area contributed by atoms with E-state index in [9.17, 15) is 19.7 Å². The summed E-state index contributed by atoms with van der Waals surface area (Å²) >= 11 is 0. The zero-order valence-corrected chi connectivity index (χ0v) is 17.8. The highest BCUT2D eigenvalue weighted by atomic mass is 16.6. The first-order chi connectivity index (χ1) is 14.8. The summed E-state index contributed by atoms with van der Waals surface area (Å²) in [5, 5.41) is 16.3. The molecular weight excluding hydrogens is 398 g/mol. The van der Waals surface area contributed by atoms with Crippen molar-refractivity contribution in [1.29, 1.82) is 0 Å². The number of hydrogen-bond donors (Lipinski definition) is 3. The van der Waals surface area contributed by atoms with Gasteiger partial charge in [0.2, 0.25) is 5.91 Å². The SMILES string of the molecule is Cc1cccc(C)c1NC(=O)CNC(=O)C[NH+]1CCN(c2ccc([N+](=O)[O-])cc2)CC1. The number of rotatable bonds is 7. The normalized spacial score (nSPS) is 14.2. The molecule has 1 fully saturated rings. The third-order valence-corrected chi connectivity index (χ3v) is 5.50. The molecule has 1 aliphatic rings. The molecule has 0 spiro atoms. The van der Waals surface area contributed by atoms with E-state index in [1.165, 1.54) is 12.1 Å². The number of benzene rings is 2. The Hall–Kier alpha value is -3.46. The molecule has 0 unspecified atom stereocenters. The van der Waals surface area contributed by atoms with Crippen LogP contribution in [0.2, 0.25) is 0 Å². The summed E-state index contributed by atoms with van der Waals surface area (Å²) < 4.78 is 0. The molecule has 3 rings (SSSR count). The summed E-state index contributed by atoms with van der Waals surface area (Å²) in [6.07, 6.45) is 0. The molecule has 31 heavy (non-hydrogen) atoms. The number of nitrogens with one attached hydrogen (secondary N) is 3.